The third-order valence-electron chi connectivity index (χ3n) is 4.43. The molecule has 0 saturated heterocycles. The van der Waals surface area contributed by atoms with Gasteiger partial charge >= 0.3 is 0 Å². The third kappa shape index (κ3) is 5.80. The molecule has 2 aromatic carbocycles. The normalized spacial score (nSPS) is 11.6. The first-order valence-electron chi connectivity index (χ1n) is 9.43. The van der Waals surface area contributed by atoms with Crippen LogP contribution in [0, 0.1) is 6.92 Å². The Labute approximate surface area is 181 Å². The molecular weight excluding hydrogens is 418 g/mol. The van der Waals surface area contributed by atoms with Crippen molar-refractivity contribution < 1.29 is 22.5 Å². The molecule has 1 heterocycles. The minimum Gasteiger partial charge on any atom is -0.497 e. The van der Waals surface area contributed by atoms with Gasteiger partial charge in [-0.3, -0.25) is 4.79 Å². The first-order valence-corrected chi connectivity index (χ1v) is 10.9. The lowest BCUT2D eigenvalue weighted by molar-refractivity contribution is -0.114. The maximum absolute atomic E-state index is 12.6. The molecule has 1 aromatic heterocycles. The molecule has 0 aliphatic rings. The number of hydrogen-bond acceptors (Lipinski definition) is 6. The molecule has 0 unspecified atom stereocenters. The Morgan fingerprint density at radius 1 is 1.10 bits per heavy atom. The van der Waals surface area contributed by atoms with Gasteiger partial charge in [-0.25, -0.2) is 13.1 Å². The number of hydrogen-bond donors (Lipinski definition) is 2. The van der Waals surface area contributed by atoms with Crippen LogP contribution in [-0.2, 0) is 21.4 Å². The van der Waals surface area contributed by atoms with Gasteiger partial charge in [0.05, 0.1) is 12.0 Å². The number of nitrogens with zero attached hydrogens (tertiary/aromatic N) is 1. The lowest BCUT2D eigenvalue weighted by Gasteiger charge is -2.08. The molecule has 0 fully saturated rings. The summed E-state index contributed by atoms with van der Waals surface area (Å²) in [7, 11) is -2.08. The van der Waals surface area contributed by atoms with E-state index in [0.29, 0.717) is 22.9 Å². The van der Waals surface area contributed by atoms with E-state index in [1.807, 2.05) is 0 Å². The average Bonchev–Trinajstić information content (AvgIpc) is 3.10. The van der Waals surface area contributed by atoms with Crippen molar-refractivity contribution in [3.8, 4) is 5.75 Å². The predicted octanol–water partition coefficient (Wildman–Crippen LogP) is 3.60. The number of aromatic nitrogens is 1. The Morgan fingerprint density at radius 2 is 1.77 bits per heavy atom. The number of nitrogens with one attached hydrogen (secondary N) is 2. The number of anilines is 1. The summed E-state index contributed by atoms with van der Waals surface area (Å²) >= 11 is 0. The predicted molar refractivity (Wildman–Crippen MR) is 118 cm³/mol. The van der Waals surface area contributed by atoms with E-state index >= 15 is 0 Å². The van der Waals surface area contributed by atoms with Crippen molar-refractivity contribution in [1.29, 1.82) is 0 Å². The van der Waals surface area contributed by atoms with Crippen LogP contribution in [0.2, 0.25) is 0 Å². The second kappa shape index (κ2) is 9.59. The fourth-order valence-electron chi connectivity index (χ4n) is 2.76. The zero-order valence-electron chi connectivity index (χ0n) is 17.4. The molecule has 8 nitrogen and oxygen atoms in total. The van der Waals surface area contributed by atoms with Crippen LogP contribution >= 0.6 is 0 Å². The van der Waals surface area contributed by atoms with Crippen LogP contribution in [0.3, 0.4) is 0 Å². The zero-order valence-corrected chi connectivity index (χ0v) is 18.2. The van der Waals surface area contributed by atoms with Crippen LogP contribution in [0.15, 0.2) is 57.9 Å². The standard InChI is InChI=1S/C22H23N3O5S/c1-15-22(24-16(2)26)21(30-25-15)13-8-17-6-11-20(12-7-17)31(27,28)23-14-18-4-9-19(29-3)10-5-18/h4-13,23H,14H2,1-3H3,(H,24,26). The number of methoxy groups -OCH3 is 1. The maximum atomic E-state index is 12.6. The number of rotatable bonds is 8. The SMILES string of the molecule is COc1ccc(CNS(=O)(=O)c2ccc(C=Cc3onc(C)c3NC(C)=O)cc2)cc1. The van der Waals surface area contributed by atoms with Gasteiger partial charge in [-0.2, -0.15) is 0 Å². The van der Waals surface area contributed by atoms with Crippen LogP contribution in [0.4, 0.5) is 5.69 Å². The quantitative estimate of drug-likeness (QED) is 0.553. The molecule has 3 rings (SSSR count). The monoisotopic (exact) mass is 441 g/mol. The van der Waals surface area contributed by atoms with Crippen molar-refractivity contribution in [3.05, 3.63) is 71.1 Å². The number of benzene rings is 2. The van der Waals surface area contributed by atoms with Gasteiger partial charge in [-0.1, -0.05) is 35.5 Å². The van der Waals surface area contributed by atoms with Crippen LogP contribution < -0.4 is 14.8 Å². The second-order valence-electron chi connectivity index (χ2n) is 6.76. The summed E-state index contributed by atoms with van der Waals surface area (Å²) < 4.78 is 38.0. The number of amides is 1. The van der Waals surface area contributed by atoms with Crippen molar-refractivity contribution in [2.75, 3.05) is 12.4 Å². The molecule has 0 atom stereocenters. The molecule has 162 valence electrons. The summed E-state index contributed by atoms with van der Waals surface area (Å²) in [6.07, 6.45) is 3.41. The Morgan fingerprint density at radius 3 is 2.39 bits per heavy atom. The van der Waals surface area contributed by atoms with Gasteiger partial charge in [0.1, 0.15) is 17.1 Å². The molecule has 0 aliphatic carbocycles. The lowest BCUT2D eigenvalue weighted by atomic mass is 10.2. The third-order valence-corrected chi connectivity index (χ3v) is 5.85. The fourth-order valence-corrected chi connectivity index (χ4v) is 3.78. The van der Waals surface area contributed by atoms with Gasteiger partial charge in [-0.15, -0.1) is 0 Å². The highest BCUT2D eigenvalue weighted by Crippen LogP contribution is 2.23. The van der Waals surface area contributed by atoms with Crippen LogP contribution in [0.5, 0.6) is 5.75 Å². The smallest absolute Gasteiger partial charge is 0.240 e. The van der Waals surface area contributed by atoms with E-state index in [1.54, 1.807) is 62.6 Å². The Kier molecular flexibility index (Phi) is 6.88. The van der Waals surface area contributed by atoms with E-state index in [2.05, 4.69) is 15.2 Å². The van der Waals surface area contributed by atoms with E-state index < -0.39 is 10.0 Å². The van der Waals surface area contributed by atoms with Gasteiger partial charge in [0.25, 0.3) is 0 Å². The van der Waals surface area contributed by atoms with Crippen LogP contribution in [-0.4, -0.2) is 26.6 Å². The first kappa shape index (κ1) is 22.3. The Balaban J connectivity index is 1.67. The van der Waals surface area contributed by atoms with Crippen LogP contribution in [0.25, 0.3) is 12.2 Å². The molecule has 0 aliphatic heterocycles. The largest absolute Gasteiger partial charge is 0.497 e. The summed E-state index contributed by atoms with van der Waals surface area (Å²) in [5.74, 6) is 0.892. The molecule has 2 N–H and O–H groups in total. The van der Waals surface area contributed by atoms with Crippen molar-refractivity contribution in [2.24, 2.45) is 0 Å². The number of carbonyl (C=O) groups excluding carboxylic acids is 1. The lowest BCUT2D eigenvalue weighted by Crippen LogP contribution is -2.23. The highest BCUT2D eigenvalue weighted by atomic mass is 32.2. The number of sulfonamides is 1. The summed E-state index contributed by atoms with van der Waals surface area (Å²) in [6.45, 7) is 3.30. The molecular formula is C22H23N3O5S. The van der Waals surface area contributed by atoms with Crippen molar-refractivity contribution in [3.63, 3.8) is 0 Å². The Bertz CT molecular complexity index is 1180. The highest BCUT2D eigenvalue weighted by Gasteiger charge is 2.14. The average molecular weight is 442 g/mol. The first-order chi connectivity index (χ1) is 14.8. The zero-order chi connectivity index (χ0) is 22.4. The van der Waals surface area contributed by atoms with E-state index in [9.17, 15) is 13.2 Å². The van der Waals surface area contributed by atoms with Crippen LogP contribution in [0.1, 0.15) is 29.5 Å². The number of carbonyl (C=O) groups is 1. The highest BCUT2D eigenvalue weighted by molar-refractivity contribution is 7.89. The van der Waals surface area contributed by atoms with Crippen molar-refractivity contribution in [2.45, 2.75) is 25.3 Å². The van der Waals surface area contributed by atoms with E-state index in [4.69, 9.17) is 9.26 Å². The number of ether oxygens (including phenoxy) is 1. The van der Waals surface area contributed by atoms with E-state index in [1.165, 1.54) is 19.1 Å². The molecule has 0 spiro atoms. The van der Waals surface area contributed by atoms with Gasteiger partial charge < -0.3 is 14.6 Å². The summed E-state index contributed by atoms with van der Waals surface area (Å²) in [5.41, 5.74) is 2.66. The minimum absolute atomic E-state index is 0.160. The molecule has 31 heavy (non-hydrogen) atoms. The van der Waals surface area contributed by atoms with Crippen molar-refractivity contribution in [1.82, 2.24) is 9.88 Å². The van der Waals surface area contributed by atoms with Crippen molar-refractivity contribution >= 4 is 33.8 Å². The Hall–Kier alpha value is -3.43. The maximum Gasteiger partial charge on any atom is 0.240 e. The molecule has 3 aromatic rings. The molecule has 1 amide bonds. The van der Waals surface area contributed by atoms with Gasteiger partial charge in [0, 0.05) is 13.5 Å². The topological polar surface area (TPSA) is 111 Å². The van der Waals surface area contributed by atoms with Gasteiger partial charge in [-0.05, 0) is 48.4 Å². The van der Waals surface area contributed by atoms with Gasteiger partial charge in [0.2, 0.25) is 15.9 Å². The van der Waals surface area contributed by atoms with E-state index in [0.717, 1.165) is 11.1 Å². The summed E-state index contributed by atoms with van der Waals surface area (Å²) in [5, 5.41) is 6.53. The fraction of sp³-hybridized carbons (Fsp3) is 0.182. The van der Waals surface area contributed by atoms with E-state index in [-0.39, 0.29) is 17.3 Å². The molecule has 0 bridgehead atoms. The second-order valence-corrected chi connectivity index (χ2v) is 8.53. The number of aryl methyl sites for hydroxylation is 1. The summed E-state index contributed by atoms with van der Waals surface area (Å²) in [4.78, 5) is 11.5. The molecule has 9 heteroatoms. The summed E-state index contributed by atoms with van der Waals surface area (Å²) in [6, 6.07) is 13.6. The minimum atomic E-state index is -3.66. The molecule has 0 radical (unpaired) electrons. The molecule has 0 saturated carbocycles. The van der Waals surface area contributed by atoms with Gasteiger partial charge in [0.15, 0.2) is 5.76 Å².